The number of nitrogens with zero attached hydrogens (tertiary/aromatic N) is 5. The molecule has 6 heterocycles. The number of carboxylic acids is 1. The molecule has 1 unspecified atom stereocenters. The van der Waals surface area contributed by atoms with Gasteiger partial charge in [-0.1, -0.05) is 5.16 Å². The van der Waals surface area contributed by atoms with E-state index in [4.69, 9.17) is 10.6 Å². The van der Waals surface area contributed by atoms with E-state index in [1.165, 1.54) is 18.9 Å². The summed E-state index contributed by atoms with van der Waals surface area (Å²) in [6.07, 6.45) is 0.318. The molecule has 5 aliphatic rings. The second-order valence-corrected chi connectivity index (χ2v) is 12.0. The number of quaternary nitrogens is 1. The molecular weight excluding hydrogens is 591 g/mol. The van der Waals surface area contributed by atoms with Gasteiger partial charge in [-0.2, -0.15) is 9.36 Å². The van der Waals surface area contributed by atoms with Crippen molar-refractivity contribution >= 4 is 63.9 Å². The van der Waals surface area contributed by atoms with Gasteiger partial charge in [0.2, 0.25) is 22.6 Å². The van der Waals surface area contributed by atoms with Crippen LogP contribution in [0.5, 0.6) is 0 Å². The van der Waals surface area contributed by atoms with E-state index in [1.807, 2.05) is 5.32 Å². The maximum Gasteiger partial charge on any atom is 1.00 e. The Morgan fingerprint density at radius 2 is 1.88 bits per heavy atom. The number of primary amides is 1. The molecule has 0 spiro atoms. The fourth-order valence-corrected chi connectivity index (χ4v) is 7.70. The number of fused-ring (bicyclic) bond motifs is 4. The largest absolute Gasteiger partial charge is 1.00 e. The number of carboxylic acid groups (broad SMARTS) is 2. The second-order valence-electron chi connectivity index (χ2n) is 10.1. The van der Waals surface area contributed by atoms with Crippen LogP contribution in [0.15, 0.2) is 16.4 Å². The molecule has 5 aliphatic heterocycles. The molecule has 4 fully saturated rings. The molecule has 4 saturated heterocycles. The van der Waals surface area contributed by atoms with Gasteiger partial charge in [-0.3, -0.25) is 19.3 Å². The predicted molar refractivity (Wildman–Crippen MR) is 135 cm³/mol. The second kappa shape index (κ2) is 11.8. The average molecular weight is 617 g/mol. The third-order valence-corrected chi connectivity index (χ3v) is 9.98. The van der Waals surface area contributed by atoms with Gasteiger partial charge in [0.1, 0.15) is 31.2 Å². The number of aliphatic carboxylic acids is 1. The van der Waals surface area contributed by atoms with Gasteiger partial charge in [0.25, 0.3) is 11.8 Å². The van der Waals surface area contributed by atoms with E-state index < -0.39 is 46.4 Å². The number of rotatable bonds is 9. The Bertz CT molecular complexity index is 1340. The summed E-state index contributed by atoms with van der Waals surface area (Å²) in [5.74, 6) is -3.19. The van der Waals surface area contributed by atoms with Crippen LogP contribution in [0.4, 0.5) is 9.93 Å². The SMILES string of the molecule is CON=C(C(=O)NC1C(=O)N2C(C(=O)[O-])=C(C[N+]34CCC(C(N)=O)(CC3)CC4)CS[C@H]12)c1nsc(NC(=O)[O-])n1.[Na+]. The smallest absolute Gasteiger partial charge is 0.543 e. The Kier molecular flexibility index (Phi) is 9.01. The summed E-state index contributed by atoms with van der Waals surface area (Å²) in [7, 11) is 1.18. The number of hydrogen-bond donors (Lipinski definition) is 3. The van der Waals surface area contributed by atoms with Gasteiger partial charge in [0.15, 0.2) is 0 Å². The molecule has 16 nitrogen and oxygen atoms in total. The fraction of sp³-hybridized carbons (Fsp3) is 0.545. The number of aromatic nitrogens is 2. The number of anilines is 1. The Labute approximate surface area is 263 Å². The number of amides is 4. The van der Waals surface area contributed by atoms with Crippen LogP contribution in [0.1, 0.15) is 25.1 Å². The first-order valence-corrected chi connectivity index (χ1v) is 14.1. The van der Waals surface area contributed by atoms with Crippen LogP contribution >= 0.6 is 23.3 Å². The van der Waals surface area contributed by atoms with Gasteiger partial charge >= 0.3 is 29.6 Å². The summed E-state index contributed by atoms with van der Waals surface area (Å²) in [6.45, 7) is 2.50. The first kappa shape index (κ1) is 31.2. The Morgan fingerprint density at radius 3 is 2.44 bits per heavy atom. The number of β-lactam (4-membered cyclic amide) rings is 1. The predicted octanol–water partition coefficient (Wildman–Crippen LogP) is -6.46. The van der Waals surface area contributed by atoms with Gasteiger partial charge < -0.3 is 45.5 Å². The molecule has 0 radical (unpaired) electrons. The number of nitrogens with two attached hydrogens (primary N) is 1. The molecule has 1 aromatic rings. The average Bonchev–Trinajstić information content (AvgIpc) is 3.37. The number of carbonyl (C=O) groups excluding carboxylic acids is 5. The van der Waals surface area contributed by atoms with Crippen LogP contribution in [0.2, 0.25) is 0 Å². The fourth-order valence-electron chi connectivity index (χ4n) is 5.81. The summed E-state index contributed by atoms with van der Waals surface area (Å²) in [6, 6.07) is -1.07. The third kappa shape index (κ3) is 5.68. The van der Waals surface area contributed by atoms with Crippen molar-refractivity contribution in [2.45, 2.75) is 30.7 Å². The number of carbonyl (C=O) groups is 5. The van der Waals surface area contributed by atoms with Crippen LogP contribution in [0, 0.1) is 5.41 Å². The Balaban J connectivity index is 0.00000387. The Hall–Kier alpha value is -2.77. The van der Waals surface area contributed by atoms with Crippen LogP contribution in [-0.4, -0.2) is 105 Å². The topological polar surface area (TPSA) is 232 Å². The third-order valence-electron chi connectivity index (χ3n) is 8.01. The molecule has 0 aliphatic carbocycles. The van der Waals surface area contributed by atoms with Crippen molar-refractivity contribution in [2.24, 2.45) is 16.3 Å². The standard InChI is InChI=1S/C22H26N8O8S2.Na/c1-38-27-11(14-25-20(40-28-14)26-21(36)37)15(31)24-12-16(32)29-13(18(33)34)10(9-39-17(12)29)8-30-5-2-22(3-6-30,4-7-30)19(23)35;/h12,17H,2-9H2,1H3,(H5-,23,24,25,26,28,31,33,34,35,36,37);/q;+1/p-1/t12?,17-,22?,30?;/m1./s1. The van der Waals surface area contributed by atoms with Crippen molar-refractivity contribution in [1.82, 2.24) is 19.6 Å². The van der Waals surface area contributed by atoms with E-state index >= 15 is 0 Å². The van der Waals surface area contributed by atoms with Gasteiger partial charge in [0, 0.05) is 42.1 Å². The normalized spacial score (nSPS) is 28.7. The maximum absolute atomic E-state index is 13.1. The molecule has 41 heavy (non-hydrogen) atoms. The summed E-state index contributed by atoms with van der Waals surface area (Å²) in [5, 5.41) is 30.1. The molecule has 214 valence electrons. The monoisotopic (exact) mass is 616 g/mol. The molecule has 6 rings (SSSR count). The minimum atomic E-state index is -1.62. The molecule has 4 N–H and O–H groups in total. The summed E-state index contributed by atoms with van der Waals surface area (Å²) >= 11 is 1.96. The molecule has 4 amide bonds. The van der Waals surface area contributed by atoms with E-state index in [0.29, 0.717) is 72.8 Å². The van der Waals surface area contributed by atoms with E-state index in [0.717, 1.165) is 4.90 Å². The first-order chi connectivity index (χ1) is 19.0. The molecule has 2 atom stereocenters. The maximum atomic E-state index is 13.1. The quantitative estimate of drug-likeness (QED) is 0.0776. The molecule has 1 aromatic heterocycles. The van der Waals surface area contributed by atoms with Crippen molar-refractivity contribution in [1.29, 1.82) is 0 Å². The van der Waals surface area contributed by atoms with Crippen LogP contribution in [0.3, 0.4) is 0 Å². The van der Waals surface area contributed by atoms with Gasteiger partial charge in [-0.05, 0) is 0 Å². The van der Waals surface area contributed by atoms with E-state index in [1.54, 1.807) is 0 Å². The number of hydrogen-bond acceptors (Lipinski definition) is 13. The van der Waals surface area contributed by atoms with Crippen molar-refractivity contribution in [2.75, 3.05) is 44.4 Å². The first-order valence-electron chi connectivity index (χ1n) is 12.3. The van der Waals surface area contributed by atoms with E-state index in [-0.39, 0.29) is 52.1 Å². The summed E-state index contributed by atoms with van der Waals surface area (Å²) in [4.78, 5) is 70.8. The van der Waals surface area contributed by atoms with Crippen LogP contribution in [-0.2, 0) is 24.0 Å². The molecule has 2 bridgehead atoms. The summed E-state index contributed by atoms with van der Waals surface area (Å²) < 4.78 is 4.50. The van der Waals surface area contributed by atoms with Gasteiger partial charge in [-0.15, -0.1) is 11.8 Å². The van der Waals surface area contributed by atoms with Crippen LogP contribution in [0.25, 0.3) is 0 Å². The molecule has 19 heteroatoms. The number of thioether (sulfide) groups is 1. The Morgan fingerprint density at radius 1 is 1.22 bits per heavy atom. The van der Waals surface area contributed by atoms with E-state index in [9.17, 15) is 34.2 Å². The van der Waals surface area contributed by atoms with Crippen molar-refractivity contribution < 1.29 is 73.1 Å². The number of oxime groups is 1. The molecule has 0 saturated carbocycles. The van der Waals surface area contributed by atoms with Gasteiger partial charge in [0.05, 0.1) is 36.7 Å². The molecular formula is C22H25N8NaO8S2. The summed E-state index contributed by atoms with van der Waals surface area (Å²) in [5.41, 5.74) is 5.15. The molecule has 0 aromatic carbocycles. The zero-order chi connectivity index (χ0) is 28.8. The van der Waals surface area contributed by atoms with Crippen molar-refractivity contribution in [3.05, 3.63) is 17.1 Å². The van der Waals surface area contributed by atoms with Crippen molar-refractivity contribution in [3.8, 4) is 0 Å². The minimum absolute atomic E-state index is 0. The van der Waals surface area contributed by atoms with Crippen LogP contribution < -0.4 is 56.1 Å². The number of nitrogens with one attached hydrogen (secondary N) is 2. The van der Waals surface area contributed by atoms with Crippen molar-refractivity contribution in [3.63, 3.8) is 0 Å². The zero-order valence-corrected chi connectivity index (χ0v) is 25.8. The number of piperidine rings is 3. The van der Waals surface area contributed by atoms with E-state index in [2.05, 4.69) is 19.8 Å². The minimum Gasteiger partial charge on any atom is -0.543 e. The van der Waals surface area contributed by atoms with Gasteiger partial charge in [-0.25, -0.2) is 0 Å². The zero-order valence-electron chi connectivity index (χ0n) is 22.2.